The Kier molecular flexibility index (Phi) is 4.77. The summed E-state index contributed by atoms with van der Waals surface area (Å²) >= 11 is 0. The van der Waals surface area contributed by atoms with E-state index >= 15 is 0 Å². The van der Waals surface area contributed by atoms with Gasteiger partial charge in [-0.15, -0.1) is 0 Å². The van der Waals surface area contributed by atoms with Crippen LogP contribution in [0, 0.1) is 13.8 Å². The molecule has 0 saturated heterocycles. The Hall–Kier alpha value is -1.69. The van der Waals surface area contributed by atoms with E-state index in [9.17, 15) is 14.7 Å². The van der Waals surface area contributed by atoms with Crippen molar-refractivity contribution in [1.29, 1.82) is 0 Å². The van der Waals surface area contributed by atoms with Gasteiger partial charge < -0.3 is 10.4 Å². The fraction of sp³-hybridized carbons (Fsp3) is 0.667. The Labute approximate surface area is 124 Å². The molecule has 6 heteroatoms. The molecular weight excluding hydrogens is 270 g/mol. The zero-order valence-electron chi connectivity index (χ0n) is 12.7. The van der Waals surface area contributed by atoms with Crippen molar-refractivity contribution in [1.82, 2.24) is 14.9 Å². The number of hydrogen-bond donors (Lipinski definition) is 2. The first-order chi connectivity index (χ1) is 9.96. The van der Waals surface area contributed by atoms with Gasteiger partial charge in [0, 0.05) is 11.4 Å². The van der Waals surface area contributed by atoms with Crippen molar-refractivity contribution >= 4 is 5.91 Å². The van der Waals surface area contributed by atoms with Crippen LogP contribution >= 0.6 is 0 Å². The molecule has 0 aliphatic heterocycles. The van der Waals surface area contributed by atoms with E-state index in [4.69, 9.17) is 0 Å². The number of aryl methyl sites for hydroxylation is 2. The third-order valence-electron chi connectivity index (χ3n) is 4.17. The molecule has 2 N–H and O–H groups in total. The first kappa shape index (κ1) is 15.7. The summed E-state index contributed by atoms with van der Waals surface area (Å²) in [7, 11) is 0. The molecule has 0 bridgehead atoms. The third-order valence-corrected chi connectivity index (χ3v) is 4.17. The van der Waals surface area contributed by atoms with Crippen LogP contribution in [0.3, 0.4) is 0 Å². The molecule has 1 aliphatic rings. The van der Waals surface area contributed by atoms with Gasteiger partial charge in [-0.25, -0.2) is 4.79 Å². The van der Waals surface area contributed by atoms with Gasteiger partial charge in [0.25, 0.3) is 0 Å². The molecule has 0 radical (unpaired) electrons. The van der Waals surface area contributed by atoms with Crippen molar-refractivity contribution < 1.29 is 9.90 Å². The highest BCUT2D eigenvalue weighted by molar-refractivity contribution is 5.76. The van der Waals surface area contributed by atoms with Gasteiger partial charge in [-0.05, 0) is 32.8 Å². The van der Waals surface area contributed by atoms with E-state index in [1.165, 1.54) is 4.57 Å². The van der Waals surface area contributed by atoms with E-state index in [0.29, 0.717) is 11.4 Å². The Morgan fingerprint density at radius 3 is 2.62 bits per heavy atom. The van der Waals surface area contributed by atoms with Crippen LogP contribution in [0.1, 0.15) is 43.5 Å². The quantitative estimate of drug-likeness (QED) is 0.854. The third kappa shape index (κ3) is 3.69. The molecule has 6 nitrogen and oxygen atoms in total. The summed E-state index contributed by atoms with van der Waals surface area (Å²) < 4.78 is 1.36. The lowest BCUT2D eigenvalue weighted by atomic mass is 9.82. The number of nitrogens with one attached hydrogen (secondary N) is 1. The summed E-state index contributed by atoms with van der Waals surface area (Å²) in [5, 5.41) is 12.5. The van der Waals surface area contributed by atoms with Crippen molar-refractivity contribution in [3.8, 4) is 0 Å². The molecule has 1 aliphatic carbocycles. The summed E-state index contributed by atoms with van der Waals surface area (Å²) in [5.74, 6) is -0.248. The van der Waals surface area contributed by atoms with Gasteiger partial charge in [0.05, 0.1) is 12.1 Å². The van der Waals surface area contributed by atoms with E-state index in [0.717, 1.165) is 32.1 Å². The summed E-state index contributed by atoms with van der Waals surface area (Å²) in [6.45, 7) is 3.42. The Balaban J connectivity index is 2.10. The van der Waals surface area contributed by atoms with Crippen LogP contribution in [0.4, 0.5) is 0 Å². The van der Waals surface area contributed by atoms with Crippen LogP contribution in [0.2, 0.25) is 0 Å². The summed E-state index contributed by atoms with van der Waals surface area (Å²) in [6.07, 6.45) is 4.72. The highest BCUT2D eigenvalue weighted by atomic mass is 16.3. The predicted octanol–water partition coefficient (Wildman–Crippen LogP) is 0.672. The lowest BCUT2D eigenvalue weighted by Gasteiger charge is -2.36. The lowest BCUT2D eigenvalue weighted by Crippen LogP contribution is -2.53. The van der Waals surface area contributed by atoms with Gasteiger partial charge in [0.1, 0.15) is 6.54 Å². The maximum Gasteiger partial charge on any atom is 0.348 e. The number of amides is 1. The van der Waals surface area contributed by atoms with Crippen LogP contribution < -0.4 is 11.0 Å². The summed E-state index contributed by atoms with van der Waals surface area (Å²) in [6, 6.07) is 1.77. The van der Waals surface area contributed by atoms with Gasteiger partial charge >= 0.3 is 5.69 Å². The second-order valence-electron chi connectivity index (χ2n) is 5.95. The van der Waals surface area contributed by atoms with Crippen LogP contribution in [0.25, 0.3) is 0 Å². The van der Waals surface area contributed by atoms with Crippen molar-refractivity contribution in [2.24, 2.45) is 0 Å². The smallest absolute Gasteiger partial charge is 0.348 e. The number of carbonyl (C=O) groups is 1. The molecule has 0 unspecified atom stereocenters. The fourth-order valence-electron chi connectivity index (χ4n) is 3.00. The van der Waals surface area contributed by atoms with Gasteiger partial charge in [-0.1, -0.05) is 19.3 Å². The molecule has 1 fully saturated rings. The monoisotopic (exact) mass is 293 g/mol. The Bertz CT molecular complexity index is 574. The maximum atomic E-state index is 12.2. The van der Waals surface area contributed by atoms with E-state index in [-0.39, 0.29) is 19.1 Å². The minimum Gasteiger partial charge on any atom is -0.394 e. The molecule has 2 rings (SSSR count). The standard InChI is InChI=1S/C15H23N3O3/c1-11-8-12(2)18(14(21)16-11)9-13(20)17-15(10-19)6-4-3-5-7-15/h8,19H,3-7,9-10H2,1-2H3,(H,17,20). The number of hydrogen-bond acceptors (Lipinski definition) is 4. The molecule has 21 heavy (non-hydrogen) atoms. The van der Waals surface area contributed by atoms with Crippen molar-refractivity contribution in [3.63, 3.8) is 0 Å². The van der Waals surface area contributed by atoms with Crippen LogP contribution in [-0.4, -0.2) is 32.7 Å². The molecule has 0 atom stereocenters. The van der Waals surface area contributed by atoms with E-state index in [1.807, 2.05) is 0 Å². The molecule has 1 aromatic rings. The first-order valence-electron chi connectivity index (χ1n) is 7.43. The maximum absolute atomic E-state index is 12.2. The van der Waals surface area contributed by atoms with E-state index in [2.05, 4.69) is 10.3 Å². The largest absolute Gasteiger partial charge is 0.394 e. The van der Waals surface area contributed by atoms with E-state index in [1.54, 1.807) is 19.9 Å². The second-order valence-corrected chi connectivity index (χ2v) is 5.95. The second kappa shape index (κ2) is 6.39. The predicted molar refractivity (Wildman–Crippen MR) is 79.0 cm³/mol. The van der Waals surface area contributed by atoms with E-state index < -0.39 is 11.2 Å². The average Bonchev–Trinajstić information content (AvgIpc) is 2.44. The van der Waals surface area contributed by atoms with Crippen LogP contribution in [0.5, 0.6) is 0 Å². The molecule has 1 saturated carbocycles. The number of aliphatic hydroxyl groups excluding tert-OH is 1. The SMILES string of the molecule is Cc1cc(C)n(CC(=O)NC2(CO)CCCCC2)c(=O)n1. The minimum atomic E-state index is -0.523. The molecule has 1 amide bonds. The topological polar surface area (TPSA) is 84.2 Å². The Morgan fingerprint density at radius 2 is 2.05 bits per heavy atom. The highest BCUT2D eigenvalue weighted by Crippen LogP contribution is 2.27. The van der Waals surface area contributed by atoms with Crippen LogP contribution in [0.15, 0.2) is 10.9 Å². The molecule has 0 aromatic carbocycles. The van der Waals surface area contributed by atoms with Crippen molar-refractivity contribution in [2.75, 3.05) is 6.61 Å². The average molecular weight is 293 g/mol. The number of aliphatic hydroxyl groups is 1. The summed E-state index contributed by atoms with van der Waals surface area (Å²) in [5.41, 5.74) is 0.423. The number of aromatic nitrogens is 2. The van der Waals surface area contributed by atoms with Gasteiger partial charge in [-0.3, -0.25) is 9.36 Å². The zero-order valence-corrected chi connectivity index (χ0v) is 12.7. The molecule has 1 aromatic heterocycles. The highest BCUT2D eigenvalue weighted by Gasteiger charge is 2.32. The van der Waals surface area contributed by atoms with Crippen molar-refractivity contribution in [2.45, 2.75) is 58.0 Å². The van der Waals surface area contributed by atoms with Gasteiger partial charge in [-0.2, -0.15) is 4.98 Å². The summed E-state index contributed by atoms with van der Waals surface area (Å²) in [4.78, 5) is 27.9. The molecule has 116 valence electrons. The fourth-order valence-corrected chi connectivity index (χ4v) is 3.00. The number of carbonyl (C=O) groups excluding carboxylic acids is 1. The Morgan fingerprint density at radius 1 is 1.38 bits per heavy atom. The number of rotatable bonds is 4. The first-order valence-corrected chi connectivity index (χ1v) is 7.43. The van der Waals surface area contributed by atoms with Gasteiger partial charge in [0.15, 0.2) is 0 Å². The molecule has 1 heterocycles. The number of nitrogens with zero attached hydrogens (tertiary/aromatic N) is 2. The van der Waals surface area contributed by atoms with Gasteiger partial charge in [0.2, 0.25) is 5.91 Å². The molecular formula is C15H23N3O3. The zero-order chi connectivity index (χ0) is 15.5. The van der Waals surface area contributed by atoms with Crippen molar-refractivity contribution in [3.05, 3.63) is 27.9 Å². The van der Waals surface area contributed by atoms with Crippen LogP contribution in [-0.2, 0) is 11.3 Å². The normalized spacial score (nSPS) is 17.5. The lowest BCUT2D eigenvalue weighted by molar-refractivity contribution is -0.124. The molecule has 0 spiro atoms. The minimum absolute atomic E-state index is 0.0559.